The summed E-state index contributed by atoms with van der Waals surface area (Å²) in [6, 6.07) is 17.6. The highest BCUT2D eigenvalue weighted by molar-refractivity contribution is 7.03. The van der Waals surface area contributed by atoms with Crippen molar-refractivity contribution in [1.29, 1.82) is 0 Å². The molecular weight excluding hydrogens is 495 g/mol. The van der Waals surface area contributed by atoms with Gasteiger partial charge in [0.05, 0.1) is 7.11 Å². The van der Waals surface area contributed by atoms with Gasteiger partial charge in [0.15, 0.2) is 0 Å². The summed E-state index contributed by atoms with van der Waals surface area (Å²) >= 11 is 1.37. The third-order valence-corrected chi connectivity index (χ3v) is 5.61. The first kappa shape index (κ1) is 32.7. The van der Waals surface area contributed by atoms with Crippen LogP contribution in [0.5, 0.6) is 5.75 Å². The van der Waals surface area contributed by atoms with Crippen LogP contribution in [0.3, 0.4) is 0 Å². The van der Waals surface area contributed by atoms with Gasteiger partial charge in [-0.05, 0) is 54.7 Å². The van der Waals surface area contributed by atoms with E-state index in [0.717, 1.165) is 42.1 Å². The predicted molar refractivity (Wildman–Crippen MR) is 138 cm³/mol. The van der Waals surface area contributed by atoms with Crippen molar-refractivity contribution in [3.63, 3.8) is 0 Å². The van der Waals surface area contributed by atoms with Gasteiger partial charge in [-0.25, -0.2) is 0 Å². The Bertz CT molecular complexity index is 876. The number of hydrogen-bond acceptors (Lipinski definition) is 6. The zero-order valence-electron chi connectivity index (χ0n) is 17.6. The molecule has 4 rings (SSSR count). The van der Waals surface area contributed by atoms with Crippen LogP contribution in [0, 0.1) is 0 Å². The molecule has 0 amide bonds. The predicted octanol–water partition coefficient (Wildman–Crippen LogP) is 3.41. The third-order valence-electron chi connectivity index (χ3n) is 5.11. The van der Waals surface area contributed by atoms with E-state index < -0.39 is 0 Å². The molecule has 11 heteroatoms. The Morgan fingerprint density at radius 2 is 1.84 bits per heavy atom. The number of hydrogen-bond donors (Lipinski definition) is 2. The summed E-state index contributed by atoms with van der Waals surface area (Å²) in [4.78, 5) is 0. The molecule has 32 heavy (non-hydrogen) atoms. The van der Waals surface area contributed by atoms with Crippen LogP contribution in [0.2, 0.25) is 0 Å². The molecule has 0 unspecified atom stereocenters. The largest absolute Gasteiger partial charge is 0.496 e. The maximum Gasteiger partial charge on any atom is 0.123 e. The molecule has 1 fully saturated rings. The number of benzene rings is 2. The van der Waals surface area contributed by atoms with Gasteiger partial charge in [0, 0.05) is 35.1 Å². The highest BCUT2D eigenvalue weighted by atomic mass is 35.5. The normalized spacial score (nSPS) is 16.7. The molecule has 7 nitrogen and oxygen atoms in total. The molecule has 2 atom stereocenters. The number of rotatable bonds is 6. The maximum atomic E-state index is 5.58. The van der Waals surface area contributed by atoms with Crippen LogP contribution in [0.15, 0.2) is 53.9 Å². The van der Waals surface area contributed by atoms with E-state index in [1.165, 1.54) is 23.5 Å². The number of halogens is 3. The molecule has 1 aliphatic rings. The molecule has 0 bridgehead atoms. The van der Waals surface area contributed by atoms with Crippen molar-refractivity contribution in [2.24, 2.45) is 0 Å². The quantitative estimate of drug-likeness (QED) is 0.510. The second kappa shape index (κ2) is 16.2. The van der Waals surface area contributed by atoms with E-state index in [4.69, 9.17) is 4.74 Å². The number of aromatic nitrogens is 2. The summed E-state index contributed by atoms with van der Waals surface area (Å²) in [5.41, 5.74) is 4.46. The van der Waals surface area contributed by atoms with Crippen molar-refractivity contribution in [2.75, 3.05) is 13.7 Å². The van der Waals surface area contributed by atoms with Gasteiger partial charge in [-0.3, -0.25) is 0 Å². The first-order valence-electron chi connectivity index (χ1n) is 9.31. The van der Waals surface area contributed by atoms with Crippen molar-refractivity contribution < 1.29 is 15.7 Å². The second-order valence-corrected chi connectivity index (χ2v) is 7.40. The van der Waals surface area contributed by atoms with Gasteiger partial charge in [-0.1, -0.05) is 34.8 Å². The van der Waals surface area contributed by atoms with Gasteiger partial charge in [-0.2, -0.15) is 0 Å². The van der Waals surface area contributed by atoms with Gasteiger partial charge in [0.2, 0.25) is 0 Å². The zero-order chi connectivity index (χ0) is 18.5. The molecule has 6 N–H and O–H groups in total. The molecule has 1 saturated heterocycles. The first-order valence-corrected chi connectivity index (χ1v) is 10.1. The lowest BCUT2D eigenvalue weighted by Crippen LogP contribution is -2.45. The fourth-order valence-corrected chi connectivity index (χ4v) is 4.19. The smallest absolute Gasteiger partial charge is 0.123 e. The highest BCUT2D eigenvalue weighted by Crippen LogP contribution is 2.28. The molecule has 0 radical (unpaired) electrons. The van der Waals surface area contributed by atoms with Gasteiger partial charge in [0.1, 0.15) is 11.4 Å². The highest BCUT2D eigenvalue weighted by Gasteiger charge is 2.25. The summed E-state index contributed by atoms with van der Waals surface area (Å²) < 4.78 is 9.55. The molecule has 0 saturated carbocycles. The zero-order valence-corrected chi connectivity index (χ0v) is 20.9. The number of nitrogens with zero attached hydrogens (tertiary/aromatic N) is 2. The molecule has 0 aliphatic carbocycles. The van der Waals surface area contributed by atoms with Crippen LogP contribution in [-0.4, -0.2) is 40.2 Å². The van der Waals surface area contributed by atoms with E-state index in [0.29, 0.717) is 12.1 Å². The molecular formula is C21H31Cl3N4O3S. The van der Waals surface area contributed by atoms with E-state index in [9.17, 15) is 0 Å². The first-order chi connectivity index (χ1) is 13.3. The fourth-order valence-electron chi connectivity index (χ4n) is 3.73. The van der Waals surface area contributed by atoms with E-state index in [2.05, 4.69) is 56.6 Å². The van der Waals surface area contributed by atoms with Gasteiger partial charge >= 0.3 is 0 Å². The van der Waals surface area contributed by atoms with Gasteiger partial charge in [-0.15, -0.1) is 42.3 Å². The summed E-state index contributed by atoms with van der Waals surface area (Å²) in [6.45, 7) is 1.82. The van der Waals surface area contributed by atoms with Crippen LogP contribution in [-0.2, 0) is 6.54 Å². The molecule has 1 aromatic heterocycles. The Morgan fingerprint density at radius 1 is 1.09 bits per heavy atom. The van der Waals surface area contributed by atoms with Crippen molar-refractivity contribution >= 4 is 48.8 Å². The average Bonchev–Trinajstić information content (AvgIpc) is 3.28. The molecule has 180 valence electrons. The minimum Gasteiger partial charge on any atom is -0.496 e. The second-order valence-electron chi connectivity index (χ2n) is 6.79. The summed E-state index contributed by atoms with van der Waals surface area (Å²) in [7, 11) is 1.72. The maximum absolute atomic E-state index is 5.58. The molecule has 2 heterocycles. The Kier molecular flexibility index (Phi) is 16.5. The summed E-state index contributed by atoms with van der Waals surface area (Å²) in [6.07, 6.45) is 2.34. The Labute approximate surface area is 211 Å². The number of methoxy groups -OCH3 is 1. The van der Waals surface area contributed by atoms with E-state index in [1.807, 2.05) is 17.5 Å². The lowest BCUT2D eigenvalue weighted by Gasteiger charge is -2.34. The van der Waals surface area contributed by atoms with E-state index >= 15 is 0 Å². The summed E-state index contributed by atoms with van der Waals surface area (Å²) in [5.74, 6) is 0.898. The lowest BCUT2D eigenvalue weighted by molar-refractivity contribution is 0.303. The molecule has 2 aromatic carbocycles. The lowest BCUT2D eigenvalue weighted by atomic mass is 9.92. The molecule has 0 spiro atoms. The Morgan fingerprint density at radius 3 is 2.50 bits per heavy atom. The third kappa shape index (κ3) is 7.83. The topological polar surface area (TPSA) is 122 Å². The van der Waals surface area contributed by atoms with E-state index in [1.54, 1.807) is 7.11 Å². The van der Waals surface area contributed by atoms with Gasteiger partial charge < -0.3 is 26.3 Å². The van der Waals surface area contributed by atoms with Crippen LogP contribution < -0.4 is 15.4 Å². The summed E-state index contributed by atoms with van der Waals surface area (Å²) in [5, 5.41) is 13.6. The minimum absolute atomic E-state index is 0. The number of ether oxygens (including phenoxy) is 1. The standard InChI is InChI=1S/C21H24N4OS.3ClH.2H2O/c1-26-20-10-9-16(19-14-27-25-24-19)12-17(20)13-23-18-8-5-11-22-21(18)15-6-3-2-4-7-15;;;;;/h2-4,6-7,9-10,12,14,18,21-23H,5,8,11,13H2,1H3;3*1H;2*1H2/t18-,21-;;;;;/m0...../s1. The number of piperidine rings is 1. The van der Waals surface area contributed by atoms with Gasteiger partial charge in [0.25, 0.3) is 0 Å². The van der Waals surface area contributed by atoms with Crippen molar-refractivity contribution in [2.45, 2.75) is 31.5 Å². The Balaban J connectivity index is 0. The molecule has 3 aromatic rings. The fraction of sp³-hybridized carbons (Fsp3) is 0.333. The van der Waals surface area contributed by atoms with Crippen LogP contribution in [0.4, 0.5) is 0 Å². The van der Waals surface area contributed by atoms with E-state index in [-0.39, 0.29) is 48.2 Å². The van der Waals surface area contributed by atoms with Crippen LogP contribution >= 0.6 is 48.8 Å². The van der Waals surface area contributed by atoms with Crippen molar-refractivity contribution in [3.05, 3.63) is 65.0 Å². The van der Waals surface area contributed by atoms with Crippen molar-refractivity contribution in [1.82, 2.24) is 20.2 Å². The monoisotopic (exact) mass is 524 g/mol. The SMILES string of the molecule is COc1ccc(-c2csnn2)cc1CN[C@H]1CCCN[C@H]1c1ccccc1.Cl.Cl.Cl.O.O. The van der Waals surface area contributed by atoms with Crippen LogP contribution in [0.1, 0.15) is 30.0 Å². The Hall–Kier alpha value is -1.49. The van der Waals surface area contributed by atoms with Crippen molar-refractivity contribution in [3.8, 4) is 17.0 Å². The number of nitrogens with one attached hydrogen (secondary N) is 2. The minimum atomic E-state index is 0. The molecule has 1 aliphatic heterocycles. The van der Waals surface area contributed by atoms with Crippen LogP contribution in [0.25, 0.3) is 11.3 Å². The average molecular weight is 526 g/mol.